The number of rotatable bonds is 2. The van der Waals surface area contributed by atoms with Crippen LogP contribution in [0.1, 0.15) is 10.4 Å². The van der Waals surface area contributed by atoms with Crippen LogP contribution >= 0.6 is 11.6 Å². The largest absolute Gasteiger partial charge is 0.399 e. The molecule has 2 aromatic rings. The Morgan fingerprint density at radius 1 is 1.33 bits per heavy atom. The molecule has 0 atom stereocenters. The average Bonchev–Trinajstić information content (AvgIpc) is 2.31. The maximum Gasteiger partial charge on any atom is 0.256 e. The zero-order chi connectivity index (χ0) is 13.1. The molecular formula is C12H9ClFN3O. The number of nitrogen functional groups attached to an aromatic ring is 1. The lowest BCUT2D eigenvalue weighted by atomic mass is 10.2. The van der Waals surface area contributed by atoms with E-state index in [-0.39, 0.29) is 11.3 Å². The lowest BCUT2D eigenvalue weighted by Gasteiger charge is -2.05. The summed E-state index contributed by atoms with van der Waals surface area (Å²) in [7, 11) is 0. The number of nitrogens with two attached hydrogens (primary N) is 1. The highest BCUT2D eigenvalue weighted by atomic mass is 35.5. The van der Waals surface area contributed by atoms with Gasteiger partial charge in [-0.05, 0) is 30.3 Å². The zero-order valence-electron chi connectivity index (χ0n) is 9.15. The molecule has 2 rings (SSSR count). The summed E-state index contributed by atoms with van der Waals surface area (Å²) in [5.74, 6) is -0.729. The van der Waals surface area contributed by atoms with Gasteiger partial charge in [-0.3, -0.25) is 4.79 Å². The highest BCUT2D eigenvalue weighted by molar-refractivity contribution is 6.30. The van der Waals surface area contributed by atoms with E-state index in [2.05, 4.69) is 10.3 Å². The second kappa shape index (κ2) is 5.01. The minimum absolute atomic E-state index is 0.129. The zero-order valence-corrected chi connectivity index (χ0v) is 9.91. The fourth-order valence-electron chi connectivity index (χ4n) is 1.38. The number of hydrogen-bond acceptors (Lipinski definition) is 3. The van der Waals surface area contributed by atoms with E-state index in [9.17, 15) is 9.18 Å². The van der Waals surface area contributed by atoms with E-state index in [0.29, 0.717) is 10.8 Å². The highest BCUT2D eigenvalue weighted by Crippen LogP contribution is 2.14. The first-order valence-corrected chi connectivity index (χ1v) is 5.41. The quantitative estimate of drug-likeness (QED) is 0.821. The van der Waals surface area contributed by atoms with Crippen LogP contribution in [0, 0.1) is 5.82 Å². The summed E-state index contributed by atoms with van der Waals surface area (Å²) >= 11 is 5.67. The number of carbonyl (C=O) groups excluding carboxylic acids is 1. The van der Waals surface area contributed by atoms with Crippen LogP contribution in [-0.4, -0.2) is 10.9 Å². The van der Waals surface area contributed by atoms with Gasteiger partial charge in [0, 0.05) is 17.4 Å². The molecule has 4 nitrogen and oxygen atoms in total. The number of benzene rings is 1. The molecule has 0 spiro atoms. The molecule has 0 radical (unpaired) electrons. The van der Waals surface area contributed by atoms with Gasteiger partial charge in [-0.2, -0.15) is 0 Å². The molecule has 0 saturated heterocycles. The number of pyridine rings is 1. The second-order valence-corrected chi connectivity index (χ2v) is 4.03. The number of nitrogens with zero attached hydrogens (tertiary/aromatic N) is 1. The predicted octanol–water partition coefficient (Wildman–Crippen LogP) is 2.71. The minimum Gasteiger partial charge on any atom is -0.399 e. The third kappa shape index (κ3) is 2.95. The van der Waals surface area contributed by atoms with Crippen molar-refractivity contribution in [2.24, 2.45) is 0 Å². The second-order valence-electron chi connectivity index (χ2n) is 3.59. The van der Waals surface area contributed by atoms with Gasteiger partial charge in [0.05, 0.1) is 5.02 Å². The standard InChI is InChI=1S/C12H9ClFN3O/c13-8-1-2-11(16-6-8)17-12(18)7-3-9(14)5-10(15)4-7/h1-6H,15H2,(H,16,17,18). The Hall–Kier alpha value is -2.14. The molecule has 0 unspecified atom stereocenters. The van der Waals surface area contributed by atoms with Crippen molar-refractivity contribution in [2.45, 2.75) is 0 Å². The van der Waals surface area contributed by atoms with Gasteiger partial charge >= 0.3 is 0 Å². The number of aromatic nitrogens is 1. The number of nitrogens with one attached hydrogen (secondary N) is 1. The van der Waals surface area contributed by atoms with Crippen molar-refractivity contribution < 1.29 is 9.18 Å². The van der Waals surface area contributed by atoms with Gasteiger partial charge in [0.25, 0.3) is 5.91 Å². The van der Waals surface area contributed by atoms with Crippen LogP contribution in [0.3, 0.4) is 0 Å². The van der Waals surface area contributed by atoms with Crippen LogP contribution in [0.2, 0.25) is 5.02 Å². The van der Waals surface area contributed by atoms with E-state index in [0.717, 1.165) is 12.1 Å². The molecular weight excluding hydrogens is 257 g/mol. The summed E-state index contributed by atoms with van der Waals surface area (Å²) in [6.07, 6.45) is 1.40. The topological polar surface area (TPSA) is 68.0 Å². The van der Waals surface area contributed by atoms with Gasteiger partial charge in [-0.25, -0.2) is 9.37 Å². The molecule has 1 heterocycles. The molecule has 3 N–H and O–H groups in total. The molecule has 92 valence electrons. The van der Waals surface area contributed by atoms with Crippen LogP contribution in [0.15, 0.2) is 36.5 Å². The first-order valence-electron chi connectivity index (χ1n) is 5.03. The van der Waals surface area contributed by atoms with Gasteiger partial charge in [0.1, 0.15) is 11.6 Å². The molecule has 0 bridgehead atoms. The number of amides is 1. The van der Waals surface area contributed by atoms with Crippen LogP contribution < -0.4 is 11.1 Å². The minimum atomic E-state index is -0.566. The molecule has 0 fully saturated rings. The van der Waals surface area contributed by atoms with Gasteiger partial charge in [-0.15, -0.1) is 0 Å². The van der Waals surface area contributed by atoms with Crippen LogP contribution in [0.25, 0.3) is 0 Å². The molecule has 18 heavy (non-hydrogen) atoms. The van der Waals surface area contributed by atoms with E-state index in [1.54, 1.807) is 12.1 Å². The Labute approximate surface area is 108 Å². The number of hydrogen-bond donors (Lipinski definition) is 2. The van der Waals surface area contributed by atoms with Crippen molar-refractivity contribution in [3.63, 3.8) is 0 Å². The Balaban J connectivity index is 2.19. The van der Waals surface area contributed by atoms with Crippen molar-refractivity contribution in [3.8, 4) is 0 Å². The normalized spacial score (nSPS) is 10.1. The van der Waals surface area contributed by atoms with Gasteiger partial charge in [-0.1, -0.05) is 11.6 Å². The first kappa shape index (κ1) is 12.3. The van der Waals surface area contributed by atoms with E-state index >= 15 is 0 Å². The summed E-state index contributed by atoms with van der Waals surface area (Å²) in [4.78, 5) is 15.7. The monoisotopic (exact) mass is 265 g/mol. The lowest BCUT2D eigenvalue weighted by molar-refractivity contribution is 0.102. The van der Waals surface area contributed by atoms with Gasteiger partial charge in [0.15, 0.2) is 0 Å². The maximum absolute atomic E-state index is 13.1. The van der Waals surface area contributed by atoms with Crippen molar-refractivity contribution in [1.82, 2.24) is 4.98 Å². The molecule has 0 aliphatic rings. The average molecular weight is 266 g/mol. The van der Waals surface area contributed by atoms with E-state index in [1.807, 2.05) is 0 Å². The van der Waals surface area contributed by atoms with E-state index in [1.165, 1.54) is 12.3 Å². The smallest absolute Gasteiger partial charge is 0.256 e. The third-order valence-corrected chi connectivity index (χ3v) is 2.37. The molecule has 1 aromatic heterocycles. The predicted molar refractivity (Wildman–Crippen MR) is 68.0 cm³/mol. The Bertz CT molecular complexity index is 566. The lowest BCUT2D eigenvalue weighted by Crippen LogP contribution is -2.13. The Kier molecular flexibility index (Phi) is 3.43. The summed E-state index contributed by atoms with van der Waals surface area (Å²) in [6.45, 7) is 0. The molecule has 0 aliphatic carbocycles. The number of anilines is 2. The van der Waals surface area contributed by atoms with Crippen molar-refractivity contribution in [3.05, 3.63) is 52.9 Å². The van der Waals surface area contributed by atoms with Crippen molar-refractivity contribution >= 4 is 29.0 Å². The fourth-order valence-corrected chi connectivity index (χ4v) is 1.49. The Morgan fingerprint density at radius 2 is 2.11 bits per heavy atom. The molecule has 1 aromatic carbocycles. The maximum atomic E-state index is 13.1. The summed E-state index contributed by atoms with van der Waals surface area (Å²) in [5.41, 5.74) is 5.77. The van der Waals surface area contributed by atoms with Crippen LogP contribution in [0.5, 0.6) is 0 Å². The fraction of sp³-hybridized carbons (Fsp3) is 0. The highest BCUT2D eigenvalue weighted by Gasteiger charge is 2.09. The summed E-state index contributed by atoms with van der Waals surface area (Å²) in [6, 6.07) is 6.75. The molecule has 0 saturated carbocycles. The van der Waals surface area contributed by atoms with Crippen molar-refractivity contribution in [1.29, 1.82) is 0 Å². The van der Waals surface area contributed by atoms with E-state index < -0.39 is 11.7 Å². The van der Waals surface area contributed by atoms with E-state index in [4.69, 9.17) is 17.3 Å². The van der Waals surface area contributed by atoms with Crippen LogP contribution in [0.4, 0.5) is 15.9 Å². The third-order valence-electron chi connectivity index (χ3n) is 2.15. The first-order chi connectivity index (χ1) is 8.54. The molecule has 6 heteroatoms. The Morgan fingerprint density at radius 3 is 2.72 bits per heavy atom. The molecule has 1 amide bonds. The SMILES string of the molecule is Nc1cc(F)cc(C(=O)Nc2ccc(Cl)cn2)c1. The molecule has 0 aliphatic heterocycles. The number of carbonyl (C=O) groups is 1. The van der Waals surface area contributed by atoms with Crippen molar-refractivity contribution in [2.75, 3.05) is 11.1 Å². The number of halogens is 2. The van der Waals surface area contributed by atoms with Gasteiger partial charge in [0.2, 0.25) is 0 Å². The van der Waals surface area contributed by atoms with Crippen LogP contribution in [-0.2, 0) is 0 Å². The summed E-state index contributed by atoms with van der Waals surface area (Å²) < 4.78 is 13.1. The van der Waals surface area contributed by atoms with Gasteiger partial charge < -0.3 is 11.1 Å². The summed E-state index contributed by atoms with van der Waals surface area (Å²) in [5, 5.41) is 2.97.